The minimum Gasteiger partial charge on any atom is -0.311 e. The van der Waals surface area contributed by atoms with Gasteiger partial charge in [-0.15, -0.1) is 0 Å². The fourth-order valence-corrected chi connectivity index (χ4v) is 2.57. The average molecular weight is 303 g/mol. The Hall–Kier alpha value is -1.95. The SMILES string of the molecule is CCCN(CCC)CCCC(=O)Nc1ccnc2ccnn12. The van der Waals surface area contributed by atoms with Crippen LogP contribution in [0, 0.1) is 0 Å². The minimum absolute atomic E-state index is 0.0240. The number of amides is 1. The lowest BCUT2D eigenvalue weighted by Gasteiger charge is -2.20. The zero-order chi connectivity index (χ0) is 15.8. The summed E-state index contributed by atoms with van der Waals surface area (Å²) < 4.78 is 1.64. The van der Waals surface area contributed by atoms with E-state index in [0.717, 1.165) is 44.5 Å². The number of anilines is 1. The molecule has 0 aromatic carbocycles. The molecule has 0 aliphatic rings. The molecule has 0 spiro atoms. The molecule has 2 aromatic heterocycles. The molecule has 0 bridgehead atoms. The summed E-state index contributed by atoms with van der Waals surface area (Å²) in [6.45, 7) is 7.56. The van der Waals surface area contributed by atoms with Crippen molar-refractivity contribution in [2.24, 2.45) is 0 Å². The summed E-state index contributed by atoms with van der Waals surface area (Å²) in [5.74, 6) is 0.690. The Morgan fingerprint density at radius 1 is 1.18 bits per heavy atom. The van der Waals surface area contributed by atoms with Crippen molar-refractivity contribution in [3.8, 4) is 0 Å². The molecular weight excluding hydrogens is 278 g/mol. The van der Waals surface area contributed by atoms with E-state index in [0.29, 0.717) is 12.2 Å². The normalized spacial score (nSPS) is 11.2. The highest BCUT2D eigenvalue weighted by Gasteiger charge is 2.08. The van der Waals surface area contributed by atoms with Crippen molar-refractivity contribution in [2.75, 3.05) is 25.0 Å². The lowest BCUT2D eigenvalue weighted by Crippen LogP contribution is -2.27. The summed E-state index contributed by atoms with van der Waals surface area (Å²) >= 11 is 0. The summed E-state index contributed by atoms with van der Waals surface area (Å²) in [5.41, 5.74) is 0.731. The van der Waals surface area contributed by atoms with Crippen molar-refractivity contribution < 1.29 is 4.79 Å². The molecule has 0 aliphatic heterocycles. The molecule has 0 aliphatic carbocycles. The number of rotatable bonds is 9. The fraction of sp³-hybridized carbons (Fsp3) is 0.562. The molecule has 22 heavy (non-hydrogen) atoms. The maximum absolute atomic E-state index is 12.1. The number of nitrogens with zero attached hydrogens (tertiary/aromatic N) is 4. The van der Waals surface area contributed by atoms with Crippen LogP contribution in [0.25, 0.3) is 5.65 Å². The third kappa shape index (κ3) is 4.53. The molecule has 2 heterocycles. The quantitative estimate of drug-likeness (QED) is 0.773. The topological polar surface area (TPSA) is 62.5 Å². The summed E-state index contributed by atoms with van der Waals surface area (Å²) in [5, 5.41) is 7.07. The number of carbonyl (C=O) groups is 1. The smallest absolute Gasteiger partial charge is 0.225 e. The van der Waals surface area contributed by atoms with Gasteiger partial charge in [-0.1, -0.05) is 13.8 Å². The first kappa shape index (κ1) is 16.4. The van der Waals surface area contributed by atoms with Gasteiger partial charge in [-0.25, -0.2) is 4.98 Å². The highest BCUT2D eigenvalue weighted by Crippen LogP contribution is 2.09. The molecule has 0 saturated heterocycles. The van der Waals surface area contributed by atoms with Crippen molar-refractivity contribution in [1.82, 2.24) is 19.5 Å². The molecule has 120 valence electrons. The molecule has 6 nitrogen and oxygen atoms in total. The highest BCUT2D eigenvalue weighted by atomic mass is 16.1. The lowest BCUT2D eigenvalue weighted by molar-refractivity contribution is -0.116. The van der Waals surface area contributed by atoms with Gasteiger partial charge < -0.3 is 10.2 Å². The van der Waals surface area contributed by atoms with Crippen LogP contribution in [0.15, 0.2) is 24.5 Å². The molecule has 1 N–H and O–H groups in total. The maximum Gasteiger partial charge on any atom is 0.225 e. The Kier molecular flexibility index (Phi) is 6.33. The third-order valence-corrected chi connectivity index (χ3v) is 3.52. The van der Waals surface area contributed by atoms with Crippen LogP contribution in [0.4, 0.5) is 5.82 Å². The maximum atomic E-state index is 12.1. The van der Waals surface area contributed by atoms with E-state index in [-0.39, 0.29) is 5.91 Å². The van der Waals surface area contributed by atoms with Gasteiger partial charge in [0.05, 0.1) is 6.20 Å². The van der Waals surface area contributed by atoms with Crippen molar-refractivity contribution in [3.63, 3.8) is 0 Å². The van der Waals surface area contributed by atoms with Gasteiger partial charge in [0, 0.05) is 18.7 Å². The van der Waals surface area contributed by atoms with Gasteiger partial charge in [-0.05, 0) is 45.0 Å². The highest BCUT2D eigenvalue weighted by molar-refractivity contribution is 5.90. The average Bonchev–Trinajstić information content (AvgIpc) is 2.97. The molecular formula is C16H25N5O. The predicted molar refractivity (Wildman–Crippen MR) is 87.9 cm³/mol. The first-order chi connectivity index (χ1) is 10.7. The number of nitrogens with one attached hydrogen (secondary N) is 1. The van der Waals surface area contributed by atoms with Crippen LogP contribution in [0.2, 0.25) is 0 Å². The van der Waals surface area contributed by atoms with Crippen molar-refractivity contribution in [1.29, 1.82) is 0 Å². The second-order valence-electron chi connectivity index (χ2n) is 5.42. The van der Waals surface area contributed by atoms with E-state index in [4.69, 9.17) is 0 Å². The first-order valence-corrected chi connectivity index (χ1v) is 8.05. The van der Waals surface area contributed by atoms with E-state index >= 15 is 0 Å². The van der Waals surface area contributed by atoms with Gasteiger partial charge >= 0.3 is 0 Å². The molecule has 0 saturated carbocycles. The lowest BCUT2D eigenvalue weighted by atomic mass is 10.2. The van der Waals surface area contributed by atoms with Crippen LogP contribution in [-0.2, 0) is 4.79 Å². The fourth-order valence-electron chi connectivity index (χ4n) is 2.57. The van der Waals surface area contributed by atoms with Crippen LogP contribution in [0.5, 0.6) is 0 Å². The predicted octanol–water partition coefficient (Wildman–Crippen LogP) is 2.57. The van der Waals surface area contributed by atoms with E-state index < -0.39 is 0 Å². The minimum atomic E-state index is 0.0240. The van der Waals surface area contributed by atoms with E-state index in [1.165, 1.54) is 0 Å². The second kappa shape index (κ2) is 8.48. The van der Waals surface area contributed by atoms with Crippen LogP contribution < -0.4 is 5.32 Å². The van der Waals surface area contributed by atoms with Gasteiger partial charge in [0.2, 0.25) is 5.91 Å². The molecule has 0 fully saturated rings. The summed E-state index contributed by atoms with van der Waals surface area (Å²) in [7, 11) is 0. The standard InChI is InChI=1S/C16H25N5O/c1-3-11-20(12-4-2)13-5-6-16(22)19-15-7-9-17-14-8-10-18-21(14)15/h7-10H,3-6,11-13H2,1-2H3,(H,19,22). The van der Waals surface area contributed by atoms with E-state index in [2.05, 4.69) is 34.1 Å². The van der Waals surface area contributed by atoms with Gasteiger partial charge in [-0.3, -0.25) is 4.79 Å². The van der Waals surface area contributed by atoms with Crippen LogP contribution in [-0.4, -0.2) is 45.0 Å². The first-order valence-electron chi connectivity index (χ1n) is 8.05. The molecule has 2 aromatic rings. The summed E-state index contributed by atoms with van der Waals surface area (Å²) in [4.78, 5) is 18.7. The van der Waals surface area contributed by atoms with E-state index in [1.54, 1.807) is 23.0 Å². The number of carbonyl (C=O) groups excluding carboxylic acids is 1. The number of hydrogen-bond acceptors (Lipinski definition) is 4. The Bertz CT molecular complexity index is 589. The molecule has 1 amide bonds. The van der Waals surface area contributed by atoms with Crippen molar-refractivity contribution >= 4 is 17.4 Å². The Labute approximate surface area is 131 Å². The molecule has 0 radical (unpaired) electrons. The van der Waals surface area contributed by atoms with Crippen LogP contribution >= 0.6 is 0 Å². The van der Waals surface area contributed by atoms with Gasteiger partial charge in [0.1, 0.15) is 5.82 Å². The molecule has 0 unspecified atom stereocenters. The number of fused-ring (bicyclic) bond motifs is 1. The van der Waals surface area contributed by atoms with Crippen molar-refractivity contribution in [2.45, 2.75) is 39.5 Å². The Morgan fingerprint density at radius 2 is 1.95 bits per heavy atom. The Balaban J connectivity index is 1.81. The van der Waals surface area contributed by atoms with Gasteiger partial charge in [-0.2, -0.15) is 9.61 Å². The zero-order valence-electron chi connectivity index (χ0n) is 13.5. The van der Waals surface area contributed by atoms with E-state index in [9.17, 15) is 4.79 Å². The monoisotopic (exact) mass is 303 g/mol. The number of aromatic nitrogens is 3. The van der Waals surface area contributed by atoms with Gasteiger partial charge in [0.25, 0.3) is 0 Å². The summed E-state index contributed by atoms with van der Waals surface area (Å²) in [6, 6.07) is 3.57. The molecule has 0 atom stereocenters. The second-order valence-corrected chi connectivity index (χ2v) is 5.42. The summed E-state index contributed by atoms with van der Waals surface area (Å²) in [6.07, 6.45) is 7.05. The Morgan fingerprint density at radius 3 is 2.68 bits per heavy atom. The largest absolute Gasteiger partial charge is 0.311 e. The van der Waals surface area contributed by atoms with Crippen LogP contribution in [0.3, 0.4) is 0 Å². The zero-order valence-corrected chi connectivity index (χ0v) is 13.5. The third-order valence-electron chi connectivity index (χ3n) is 3.52. The van der Waals surface area contributed by atoms with Crippen molar-refractivity contribution in [3.05, 3.63) is 24.5 Å². The molecule has 6 heteroatoms. The van der Waals surface area contributed by atoms with Gasteiger partial charge in [0.15, 0.2) is 5.65 Å². The van der Waals surface area contributed by atoms with Crippen LogP contribution in [0.1, 0.15) is 39.5 Å². The van der Waals surface area contributed by atoms with E-state index in [1.807, 2.05) is 6.07 Å². The molecule has 2 rings (SSSR count). The number of hydrogen-bond donors (Lipinski definition) is 1.